The molecular weight excluding hydrogens is 398 g/mol. The van der Waals surface area contributed by atoms with Crippen molar-refractivity contribution in [2.24, 2.45) is 10.9 Å². The second-order valence-corrected chi connectivity index (χ2v) is 9.61. The number of anilines is 1. The molecule has 32 heavy (non-hydrogen) atoms. The number of benzene rings is 1. The van der Waals surface area contributed by atoms with Crippen LogP contribution >= 0.6 is 0 Å². The fourth-order valence-electron chi connectivity index (χ4n) is 5.65. The SMILES string of the molecule is OCC1CCN(c2cc3c(c(-c4ccc5c(c4)ncn5C4CCCCC4)n2)N=CC3)CC1. The van der Waals surface area contributed by atoms with Crippen molar-refractivity contribution in [3.63, 3.8) is 0 Å². The normalized spacial score (nSPS) is 19.7. The number of hydrogen-bond acceptors (Lipinski definition) is 5. The maximum absolute atomic E-state index is 9.48. The first kappa shape index (κ1) is 19.9. The van der Waals surface area contributed by atoms with E-state index in [0.29, 0.717) is 12.0 Å². The van der Waals surface area contributed by atoms with Gasteiger partial charge in [0.15, 0.2) is 0 Å². The van der Waals surface area contributed by atoms with Crippen LogP contribution in [0.15, 0.2) is 35.6 Å². The molecule has 0 radical (unpaired) electrons. The van der Waals surface area contributed by atoms with E-state index in [1.165, 1.54) is 43.2 Å². The van der Waals surface area contributed by atoms with Gasteiger partial charge in [0.1, 0.15) is 5.82 Å². The molecule has 6 rings (SSSR count). The van der Waals surface area contributed by atoms with Crippen molar-refractivity contribution in [1.82, 2.24) is 14.5 Å². The van der Waals surface area contributed by atoms with E-state index in [1.54, 1.807) is 0 Å². The molecule has 0 bridgehead atoms. The number of aliphatic hydroxyl groups is 1. The molecule has 0 unspecified atom stereocenters. The molecule has 1 saturated heterocycles. The quantitative estimate of drug-likeness (QED) is 0.629. The first-order chi connectivity index (χ1) is 15.8. The van der Waals surface area contributed by atoms with Gasteiger partial charge in [0, 0.05) is 43.9 Å². The van der Waals surface area contributed by atoms with Crippen LogP contribution in [-0.2, 0) is 6.42 Å². The molecule has 0 amide bonds. The minimum atomic E-state index is 0.290. The van der Waals surface area contributed by atoms with E-state index in [9.17, 15) is 5.11 Å². The van der Waals surface area contributed by atoms with Crippen molar-refractivity contribution in [2.45, 2.75) is 57.4 Å². The Balaban J connectivity index is 1.36. The van der Waals surface area contributed by atoms with Crippen LogP contribution in [0.3, 0.4) is 0 Å². The second-order valence-electron chi connectivity index (χ2n) is 9.61. The Morgan fingerprint density at radius 1 is 1.00 bits per heavy atom. The van der Waals surface area contributed by atoms with E-state index in [1.807, 2.05) is 12.5 Å². The standard InChI is InChI=1S/C26H31N5O/c32-16-18-9-12-30(13-10-18)24-15-20-8-11-27-25(20)26(29-24)19-6-7-23-22(14-19)28-17-31(23)21-4-2-1-3-5-21/h6-7,11,14-15,17-18,21,32H,1-5,8-10,12-13,16H2. The van der Waals surface area contributed by atoms with Gasteiger partial charge in [0.25, 0.3) is 0 Å². The second kappa shape index (κ2) is 8.32. The Labute approximate surface area is 189 Å². The Bertz CT molecular complexity index is 1150. The summed E-state index contributed by atoms with van der Waals surface area (Å²) < 4.78 is 2.38. The number of aromatic nitrogens is 3. The van der Waals surface area contributed by atoms with Crippen LogP contribution in [0.5, 0.6) is 0 Å². The highest BCUT2D eigenvalue weighted by Gasteiger charge is 2.24. The number of piperidine rings is 1. The minimum absolute atomic E-state index is 0.290. The number of rotatable bonds is 4. The molecule has 0 atom stereocenters. The van der Waals surface area contributed by atoms with Crippen LogP contribution in [0, 0.1) is 5.92 Å². The fraction of sp³-hybridized carbons (Fsp3) is 0.500. The number of aliphatic imine (C=N–C) groups is 1. The van der Waals surface area contributed by atoms with Crippen LogP contribution in [0.2, 0.25) is 0 Å². The van der Waals surface area contributed by atoms with Gasteiger partial charge in [0.2, 0.25) is 0 Å². The van der Waals surface area contributed by atoms with E-state index >= 15 is 0 Å². The lowest BCUT2D eigenvalue weighted by Gasteiger charge is -2.32. The summed E-state index contributed by atoms with van der Waals surface area (Å²) in [6.07, 6.45) is 13.4. The van der Waals surface area contributed by atoms with Gasteiger partial charge in [-0.25, -0.2) is 9.97 Å². The summed E-state index contributed by atoms with van der Waals surface area (Å²) in [5.41, 5.74) is 6.58. The Morgan fingerprint density at radius 3 is 2.66 bits per heavy atom. The Morgan fingerprint density at radius 2 is 1.84 bits per heavy atom. The van der Waals surface area contributed by atoms with Crippen molar-refractivity contribution >= 4 is 28.8 Å². The van der Waals surface area contributed by atoms with E-state index in [-0.39, 0.29) is 6.61 Å². The van der Waals surface area contributed by atoms with Crippen molar-refractivity contribution in [2.75, 3.05) is 24.6 Å². The maximum Gasteiger partial charge on any atom is 0.129 e. The monoisotopic (exact) mass is 429 g/mol. The lowest BCUT2D eigenvalue weighted by atomic mass is 9.95. The summed E-state index contributed by atoms with van der Waals surface area (Å²) in [7, 11) is 0. The number of imidazole rings is 1. The summed E-state index contributed by atoms with van der Waals surface area (Å²) in [6.45, 7) is 2.18. The molecule has 0 spiro atoms. The van der Waals surface area contributed by atoms with Gasteiger partial charge in [-0.3, -0.25) is 4.99 Å². The largest absolute Gasteiger partial charge is 0.396 e. The highest BCUT2D eigenvalue weighted by Crippen LogP contribution is 2.39. The predicted octanol–water partition coefficient (Wildman–Crippen LogP) is 5.07. The molecule has 1 saturated carbocycles. The molecule has 1 aliphatic carbocycles. The van der Waals surface area contributed by atoms with Crippen molar-refractivity contribution in [1.29, 1.82) is 0 Å². The summed E-state index contributed by atoms with van der Waals surface area (Å²) in [4.78, 5) is 16.9. The van der Waals surface area contributed by atoms with Gasteiger partial charge >= 0.3 is 0 Å². The first-order valence-electron chi connectivity index (χ1n) is 12.2. The van der Waals surface area contributed by atoms with Crippen molar-refractivity contribution in [3.05, 3.63) is 36.2 Å². The third-order valence-electron chi connectivity index (χ3n) is 7.60. The highest BCUT2D eigenvalue weighted by molar-refractivity contribution is 5.89. The van der Waals surface area contributed by atoms with Crippen LogP contribution in [0.4, 0.5) is 11.5 Å². The lowest BCUT2D eigenvalue weighted by molar-refractivity contribution is 0.203. The molecule has 3 aliphatic rings. The molecule has 1 N–H and O–H groups in total. The van der Waals surface area contributed by atoms with Crippen LogP contribution < -0.4 is 4.90 Å². The molecule has 2 aliphatic heterocycles. The minimum Gasteiger partial charge on any atom is -0.396 e. The zero-order valence-corrected chi connectivity index (χ0v) is 18.6. The number of hydrogen-bond donors (Lipinski definition) is 1. The lowest BCUT2D eigenvalue weighted by Crippen LogP contribution is -2.35. The number of aliphatic hydroxyl groups excluding tert-OH is 1. The third kappa shape index (κ3) is 3.51. The molecule has 1 aromatic carbocycles. The molecule has 3 aromatic rings. The molecule has 6 nitrogen and oxygen atoms in total. The highest BCUT2D eigenvalue weighted by atomic mass is 16.3. The molecule has 4 heterocycles. The van der Waals surface area contributed by atoms with E-state index in [0.717, 1.165) is 60.6 Å². The Hall–Kier alpha value is -2.73. The number of fused-ring (bicyclic) bond motifs is 2. The summed E-state index contributed by atoms with van der Waals surface area (Å²) in [5, 5.41) is 9.48. The smallest absolute Gasteiger partial charge is 0.129 e. The predicted molar refractivity (Wildman–Crippen MR) is 129 cm³/mol. The van der Waals surface area contributed by atoms with Crippen molar-refractivity contribution in [3.8, 4) is 11.3 Å². The average Bonchev–Trinajstić information content (AvgIpc) is 3.50. The van der Waals surface area contributed by atoms with Gasteiger partial charge in [-0.2, -0.15) is 0 Å². The molecule has 2 aromatic heterocycles. The average molecular weight is 430 g/mol. The van der Waals surface area contributed by atoms with E-state index in [2.05, 4.69) is 38.7 Å². The van der Waals surface area contributed by atoms with Crippen LogP contribution in [0.25, 0.3) is 22.3 Å². The van der Waals surface area contributed by atoms with Crippen LogP contribution in [-0.4, -0.2) is 45.6 Å². The zero-order valence-electron chi connectivity index (χ0n) is 18.6. The first-order valence-corrected chi connectivity index (χ1v) is 12.2. The summed E-state index contributed by atoms with van der Waals surface area (Å²) in [6, 6.07) is 9.39. The number of nitrogens with zero attached hydrogens (tertiary/aromatic N) is 5. The zero-order chi connectivity index (χ0) is 21.5. The maximum atomic E-state index is 9.48. The van der Waals surface area contributed by atoms with Gasteiger partial charge in [-0.1, -0.05) is 25.3 Å². The molecule has 2 fully saturated rings. The molecule has 166 valence electrons. The van der Waals surface area contributed by atoms with Crippen molar-refractivity contribution < 1.29 is 5.11 Å². The Kier molecular flexibility index (Phi) is 5.18. The molecular formula is C26H31N5O. The third-order valence-corrected chi connectivity index (χ3v) is 7.60. The van der Waals surface area contributed by atoms with Gasteiger partial charge in [0.05, 0.1) is 28.7 Å². The summed E-state index contributed by atoms with van der Waals surface area (Å²) >= 11 is 0. The molecule has 6 heteroatoms. The summed E-state index contributed by atoms with van der Waals surface area (Å²) in [5.74, 6) is 1.46. The topological polar surface area (TPSA) is 66.5 Å². The van der Waals surface area contributed by atoms with Gasteiger partial charge < -0.3 is 14.6 Å². The number of pyridine rings is 1. The van der Waals surface area contributed by atoms with E-state index < -0.39 is 0 Å². The van der Waals surface area contributed by atoms with Gasteiger partial charge in [-0.05, 0) is 55.4 Å². The van der Waals surface area contributed by atoms with Crippen LogP contribution in [0.1, 0.15) is 56.6 Å². The van der Waals surface area contributed by atoms with E-state index in [4.69, 9.17) is 9.97 Å². The fourth-order valence-corrected chi connectivity index (χ4v) is 5.65. The van der Waals surface area contributed by atoms with Gasteiger partial charge in [-0.15, -0.1) is 0 Å².